The van der Waals surface area contributed by atoms with Crippen LogP contribution in [0.25, 0.3) is 0 Å². The number of benzene rings is 1. The minimum atomic E-state index is -3.08. The van der Waals surface area contributed by atoms with Gasteiger partial charge < -0.3 is 0 Å². The fourth-order valence-electron chi connectivity index (χ4n) is 2.08. The lowest BCUT2D eigenvalue weighted by molar-refractivity contribution is -0.933. The molecule has 2 aromatic rings. The molecule has 0 aliphatic carbocycles. The summed E-state index contributed by atoms with van der Waals surface area (Å²) in [6.45, 7) is 6.40. The van der Waals surface area contributed by atoms with Crippen LogP contribution in [0.2, 0.25) is 0 Å². The van der Waals surface area contributed by atoms with Crippen molar-refractivity contribution in [1.82, 2.24) is 0 Å². The van der Waals surface area contributed by atoms with E-state index in [4.69, 9.17) is 0 Å². The average Bonchev–Trinajstić information content (AvgIpc) is 2.38. The van der Waals surface area contributed by atoms with Gasteiger partial charge in [-0.15, -0.1) is 10.6 Å². The van der Waals surface area contributed by atoms with Crippen molar-refractivity contribution in [1.29, 1.82) is 0 Å². The zero-order chi connectivity index (χ0) is 15.7. The van der Waals surface area contributed by atoms with Crippen LogP contribution < -0.4 is 4.73 Å². The van der Waals surface area contributed by atoms with Crippen molar-refractivity contribution in [3.63, 3.8) is 0 Å². The number of hydrogen-bond acceptors (Lipinski definition) is 3. The molecule has 21 heavy (non-hydrogen) atoms. The van der Waals surface area contributed by atoms with Gasteiger partial charge in [0.05, 0.1) is 5.75 Å². The average molecular weight is 308 g/mol. The molecule has 0 amide bonds. The van der Waals surface area contributed by atoms with Gasteiger partial charge in [0.2, 0.25) is 6.20 Å². The van der Waals surface area contributed by atoms with Gasteiger partial charge >= 0.3 is 5.03 Å². The van der Waals surface area contributed by atoms with E-state index in [0.717, 1.165) is 10.3 Å². The van der Waals surface area contributed by atoms with E-state index in [2.05, 4.69) is 20.8 Å². The molecule has 0 saturated heterocycles. The molecule has 0 spiro atoms. The second-order valence-corrected chi connectivity index (χ2v) is 8.18. The third-order valence-electron chi connectivity index (χ3n) is 3.33. The summed E-state index contributed by atoms with van der Waals surface area (Å²) in [6, 6.07) is 12.6. The Hall–Kier alpha value is -1.56. The Morgan fingerprint density at radius 1 is 1.00 bits per heavy atom. The number of rotatable bonds is 3. The summed E-state index contributed by atoms with van der Waals surface area (Å²) in [5.74, 6) is 0.0853. The SMILES string of the molecule is CC(C)(C)c1ccc(CS(O)(O)c2cccc[n+]2O)cc1. The molecule has 0 fully saturated rings. The second kappa shape index (κ2) is 5.67. The quantitative estimate of drug-likeness (QED) is 0.596. The predicted molar refractivity (Wildman–Crippen MR) is 83.8 cm³/mol. The van der Waals surface area contributed by atoms with Crippen molar-refractivity contribution in [2.24, 2.45) is 0 Å². The molecule has 4 nitrogen and oxygen atoms in total. The standard InChI is InChI=1S/C16H21NO3S/c1-16(2,3)14-9-7-13(8-10-14)12-21(19,20)15-6-4-5-11-17(15)18/h4-11H,12H2,1-3H3,(H2-,18,19,20)/p+1. The van der Waals surface area contributed by atoms with Crippen molar-refractivity contribution < 1.29 is 19.0 Å². The van der Waals surface area contributed by atoms with Crippen LogP contribution in [-0.4, -0.2) is 14.3 Å². The van der Waals surface area contributed by atoms with Gasteiger partial charge in [0, 0.05) is 16.9 Å². The molecule has 3 N–H and O–H groups in total. The van der Waals surface area contributed by atoms with Crippen molar-refractivity contribution in [3.05, 3.63) is 59.8 Å². The lowest BCUT2D eigenvalue weighted by Crippen LogP contribution is -2.35. The highest BCUT2D eigenvalue weighted by Gasteiger charge is 2.27. The molecular weight excluding hydrogens is 286 g/mol. The van der Waals surface area contributed by atoms with Gasteiger partial charge in [-0.25, -0.2) is 0 Å². The van der Waals surface area contributed by atoms with Crippen molar-refractivity contribution in [2.75, 3.05) is 0 Å². The highest BCUT2D eigenvalue weighted by molar-refractivity contribution is 8.23. The molecule has 2 rings (SSSR count). The lowest BCUT2D eigenvalue weighted by atomic mass is 9.87. The van der Waals surface area contributed by atoms with Gasteiger partial charge in [-0.3, -0.25) is 14.3 Å². The van der Waals surface area contributed by atoms with E-state index < -0.39 is 10.6 Å². The molecule has 5 heteroatoms. The Morgan fingerprint density at radius 2 is 1.62 bits per heavy atom. The van der Waals surface area contributed by atoms with E-state index in [9.17, 15) is 14.3 Å². The molecule has 0 aliphatic heterocycles. The van der Waals surface area contributed by atoms with Crippen LogP contribution in [0.4, 0.5) is 0 Å². The van der Waals surface area contributed by atoms with Crippen LogP contribution in [-0.2, 0) is 11.2 Å². The lowest BCUT2D eigenvalue weighted by Gasteiger charge is -2.27. The van der Waals surface area contributed by atoms with E-state index in [1.54, 1.807) is 12.1 Å². The highest BCUT2D eigenvalue weighted by Crippen LogP contribution is 2.48. The van der Waals surface area contributed by atoms with Gasteiger partial charge in [-0.05, 0) is 22.6 Å². The van der Waals surface area contributed by atoms with Crippen LogP contribution in [0.3, 0.4) is 0 Å². The van der Waals surface area contributed by atoms with E-state index in [1.807, 2.05) is 24.3 Å². The molecule has 0 unspecified atom stereocenters. The molecular formula is C16H22NO3S+. The zero-order valence-electron chi connectivity index (χ0n) is 12.5. The molecule has 0 saturated carbocycles. The summed E-state index contributed by atoms with van der Waals surface area (Å²) < 4.78 is 21.4. The Bertz CT molecular complexity index is 618. The molecule has 114 valence electrons. The van der Waals surface area contributed by atoms with E-state index in [1.165, 1.54) is 17.8 Å². The summed E-state index contributed by atoms with van der Waals surface area (Å²) in [7, 11) is -3.08. The fraction of sp³-hybridized carbons (Fsp3) is 0.312. The van der Waals surface area contributed by atoms with Gasteiger partial charge in [0.25, 0.3) is 0 Å². The number of nitrogens with zero attached hydrogens (tertiary/aromatic N) is 1. The third kappa shape index (κ3) is 3.75. The summed E-state index contributed by atoms with van der Waals surface area (Å²) in [6.07, 6.45) is 1.38. The van der Waals surface area contributed by atoms with Crippen LogP contribution in [0.1, 0.15) is 31.9 Å². The molecule has 0 bridgehead atoms. The number of hydrogen-bond donors (Lipinski definition) is 3. The molecule has 0 aliphatic rings. The minimum Gasteiger partial charge on any atom is -0.290 e. The monoisotopic (exact) mass is 308 g/mol. The number of aromatic nitrogens is 1. The summed E-state index contributed by atoms with van der Waals surface area (Å²) >= 11 is 0. The molecule has 1 aromatic heterocycles. The van der Waals surface area contributed by atoms with Crippen LogP contribution >= 0.6 is 10.6 Å². The fourth-order valence-corrected chi connectivity index (χ4v) is 3.55. The normalized spacial score (nSPS) is 13.2. The maximum Gasteiger partial charge on any atom is 0.344 e. The highest BCUT2D eigenvalue weighted by atomic mass is 32.3. The Kier molecular flexibility index (Phi) is 4.27. The summed E-state index contributed by atoms with van der Waals surface area (Å²) in [4.78, 5) is 0. The molecule has 0 radical (unpaired) electrons. The maximum atomic E-state index is 10.3. The first kappa shape index (κ1) is 15.8. The third-order valence-corrected chi connectivity index (χ3v) is 5.05. The first-order valence-electron chi connectivity index (χ1n) is 6.75. The van der Waals surface area contributed by atoms with Crippen molar-refractivity contribution >= 4 is 10.6 Å². The predicted octanol–water partition coefficient (Wildman–Crippen LogP) is 3.82. The van der Waals surface area contributed by atoms with Gasteiger partial charge in [-0.1, -0.05) is 45.0 Å². The summed E-state index contributed by atoms with van der Waals surface area (Å²) in [5, 5.41) is 9.81. The van der Waals surface area contributed by atoms with Crippen LogP contribution in [0.15, 0.2) is 53.7 Å². The Balaban J connectivity index is 2.23. The largest absolute Gasteiger partial charge is 0.344 e. The second-order valence-electron chi connectivity index (χ2n) is 6.14. The van der Waals surface area contributed by atoms with Gasteiger partial charge in [0.15, 0.2) is 0 Å². The van der Waals surface area contributed by atoms with Crippen LogP contribution in [0, 0.1) is 0 Å². The smallest absolute Gasteiger partial charge is 0.290 e. The molecule has 1 heterocycles. The molecule has 1 aromatic carbocycles. The van der Waals surface area contributed by atoms with Gasteiger partial charge in [0.1, 0.15) is 0 Å². The minimum absolute atomic E-state index is 0.0639. The van der Waals surface area contributed by atoms with E-state index in [-0.39, 0.29) is 16.2 Å². The van der Waals surface area contributed by atoms with Crippen LogP contribution in [0.5, 0.6) is 0 Å². The maximum absolute atomic E-state index is 10.3. The molecule has 0 atom stereocenters. The first-order chi connectivity index (χ1) is 9.70. The zero-order valence-corrected chi connectivity index (χ0v) is 13.3. The number of pyridine rings is 1. The topological polar surface area (TPSA) is 64.6 Å². The van der Waals surface area contributed by atoms with E-state index >= 15 is 0 Å². The van der Waals surface area contributed by atoms with E-state index in [0.29, 0.717) is 0 Å². The summed E-state index contributed by atoms with van der Waals surface area (Å²) in [5.41, 5.74) is 2.08. The Morgan fingerprint density at radius 3 is 2.14 bits per heavy atom. The Labute approximate surface area is 127 Å². The van der Waals surface area contributed by atoms with Gasteiger partial charge in [-0.2, -0.15) is 0 Å². The van der Waals surface area contributed by atoms with Crippen molar-refractivity contribution in [2.45, 2.75) is 37.0 Å². The van der Waals surface area contributed by atoms with Crippen molar-refractivity contribution in [3.8, 4) is 0 Å². The first-order valence-corrected chi connectivity index (χ1v) is 8.47.